The summed E-state index contributed by atoms with van der Waals surface area (Å²) in [4.78, 5) is 26.9. The molecule has 3 aromatic rings. The number of nitrogens with one attached hydrogen (secondary N) is 2. The molecule has 1 aliphatic rings. The van der Waals surface area contributed by atoms with Crippen LogP contribution in [0.15, 0.2) is 57.6 Å². The Labute approximate surface area is 170 Å². The molecule has 2 aromatic heterocycles. The number of amides is 2. The molecule has 144 valence electrons. The van der Waals surface area contributed by atoms with Crippen LogP contribution in [0.3, 0.4) is 0 Å². The fourth-order valence-electron chi connectivity index (χ4n) is 3.27. The first kappa shape index (κ1) is 18.5. The zero-order valence-corrected chi connectivity index (χ0v) is 16.6. The maximum atomic E-state index is 12.7. The van der Waals surface area contributed by atoms with E-state index >= 15 is 0 Å². The number of H-pyrrole nitrogens is 1. The van der Waals surface area contributed by atoms with Crippen LogP contribution in [0.2, 0.25) is 0 Å². The first-order chi connectivity index (χ1) is 13.6. The molecule has 0 radical (unpaired) electrons. The Morgan fingerprint density at radius 2 is 1.93 bits per heavy atom. The Bertz CT molecular complexity index is 958. The van der Waals surface area contributed by atoms with Crippen LogP contribution >= 0.6 is 15.9 Å². The number of hydrogen-bond acceptors (Lipinski definition) is 4. The highest BCUT2D eigenvalue weighted by atomic mass is 79.9. The van der Waals surface area contributed by atoms with Gasteiger partial charge in [0.05, 0.1) is 6.26 Å². The fourth-order valence-corrected chi connectivity index (χ4v) is 3.54. The molecule has 28 heavy (non-hydrogen) atoms. The molecule has 0 aliphatic carbocycles. The lowest BCUT2D eigenvalue weighted by Gasteiger charge is -2.30. The number of halogens is 1. The molecule has 0 saturated carbocycles. The number of anilines is 1. The van der Waals surface area contributed by atoms with Crippen LogP contribution in [0.25, 0.3) is 11.5 Å². The largest absolute Gasteiger partial charge is 0.463 e. The topological polar surface area (TPSA) is 91.2 Å². The van der Waals surface area contributed by atoms with Gasteiger partial charge in [0.25, 0.3) is 5.91 Å². The maximum Gasteiger partial charge on any atom is 0.274 e. The fraction of sp³-hybridized carbons (Fsp3) is 0.250. The van der Waals surface area contributed by atoms with E-state index < -0.39 is 0 Å². The van der Waals surface area contributed by atoms with Crippen molar-refractivity contribution in [2.75, 3.05) is 18.4 Å². The highest BCUT2D eigenvalue weighted by Gasteiger charge is 2.29. The van der Waals surface area contributed by atoms with E-state index in [0.29, 0.717) is 43.1 Å². The average molecular weight is 443 g/mol. The van der Waals surface area contributed by atoms with Crippen molar-refractivity contribution in [3.05, 3.63) is 58.9 Å². The quantitative estimate of drug-likeness (QED) is 0.640. The van der Waals surface area contributed by atoms with Crippen LogP contribution in [-0.4, -0.2) is 40.0 Å². The van der Waals surface area contributed by atoms with Crippen LogP contribution in [0.4, 0.5) is 5.69 Å². The molecule has 0 atom stereocenters. The molecule has 0 unspecified atom stereocenters. The van der Waals surface area contributed by atoms with Gasteiger partial charge in [-0.05, 0) is 49.2 Å². The molecule has 8 heteroatoms. The highest BCUT2D eigenvalue weighted by molar-refractivity contribution is 9.10. The van der Waals surface area contributed by atoms with Crippen LogP contribution in [0.5, 0.6) is 0 Å². The first-order valence-corrected chi connectivity index (χ1v) is 9.84. The first-order valence-electron chi connectivity index (χ1n) is 9.05. The summed E-state index contributed by atoms with van der Waals surface area (Å²) in [7, 11) is 0. The standard InChI is InChI=1S/C20H19BrN4O3/c21-14-3-5-15(6-4-14)22-19(26)13-7-9-25(10-8-13)20(27)17-12-16(23-24-17)18-2-1-11-28-18/h1-6,11-13H,7-10H2,(H,22,26)(H,23,24). The highest BCUT2D eigenvalue weighted by Crippen LogP contribution is 2.23. The summed E-state index contributed by atoms with van der Waals surface area (Å²) in [6.07, 6.45) is 2.83. The predicted octanol–water partition coefficient (Wildman–Crippen LogP) is 3.92. The molecule has 3 heterocycles. The van der Waals surface area contributed by atoms with Crippen molar-refractivity contribution >= 4 is 33.4 Å². The molecule has 0 bridgehead atoms. The number of hydrogen-bond donors (Lipinski definition) is 2. The Morgan fingerprint density at radius 1 is 1.18 bits per heavy atom. The van der Waals surface area contributed by atoms with Gasteiger partial charge >= 0.3 is 0 Å². The van der Waals surface area contributed by atoms with Crippen molar-refractivity contribution < 1.29 is 14.0 Å². The van der Waals surface area contributed by atoms with Gasteiger partial charge < -0.3 is 14.6 Å². The number of benzene rings is 1. The number of nitrogens with zero attached hydrogens (tertiary/aromatic N) is 2. The zero-order chi connectivity index (χ0) is 19.5. The molecule has 1 aromatic carbocycles. The summed E-state index contributed by atoms with van der Waals surface area (Å²) in [5.74, 6) is 0.385. The molecule has 1 saturated heterocycles. The van der Waals surface area contributed by atoms with E-state index in [4.69, 9.17) is 4.42 Å². The van der Waals surface area contributed by atoms with Crippen molar-refractivity contribution in [2.24, 2.45) is 5.92 Å². The summed E-state index contributed by atoms with van der Waals surface area (Å²) in [5, 5.41) is 9.88. The number of carbonyl (C=O) groups is 2. The third-order valence-electron chi connectivity index (χ3n) is 4.85. The molecule has 2 N–H and O–H groups in total. The lowest BCUT2D eigenvalue weighted by Crippen LogP contribution is -2.41. The van der Waals surface area contributed by atoms with Gasteiger partial charge in [0.1, 0.15) is 5.69 Å². The van der Waals surface area contributed by atoms with Gasteiger partial charge in [0.2, 0.25) is 5.91 Å². The second-order valence-electron chi connectivity index (χ2n) is 6.71. The van der Waals surface area contributed by atoms with Gasteiger partial charge in [0.15, 0.2) is 11.5 Å². The van der Waals surface area contributed by atoms with Crippen LogP contribution in [0, 0.1) is 5.92 Å². The van der Waals surface area contributed by atoms with Gasteiger partial charge in [-0.15, -0.1) is 0 Å². The van der Waals surface area contributed by atoms with E-state index in [1.165, 1.54) is 0 Å². The van der Waals surface area contributed by atoms with Gasteiger partial charge in [-0.2, -0.15) is 5.10 Å². The second kappa shape index (κ2) is 8.02. The Morgan fingerprint density at radius 3 is 2.61 bits per heavy atom. The van der Waals surface area contributed by atoms with E-state index in [-0.39, 0.29) is 17.7 Å². The van der Waals surface area contributed by atoms with Gasteiger partial charge in [0, 0.05) is 35.2 Å². The van der Waals surface area contributed by atoms with E-state index in [1.54, 1.807) is 29.4 Å². The Kier molecular flexibility index (Phi) is 5.29. The normalized spacial score (nSPS) is 14.8. The molecular weight excluding hydrogens is 424 g/mol. The minimum absolute atomic E-state index is 0.00528. The number of aromatic nitrogens is 2. The molecule has 0 spiro atoms. The number of aromatic amines is 1. The van der Waals surface area contributed by atoms with Crippen molar-refractivity contribution in [2.45, 2.75) is 12.8 Å². The maximum absolute atomic E-state index is 12.7. The predicted molar refractivity (Wildman–Crippen MR) is 108 cm³/mol. The average Bonchev–Trinajstić information content (AvgIpc) is 3.41. The van der Waals surface area contributed by atoms with E-state index in [0.717, 1.165) is 10.2 Å². The zero-order valence-electron chi connectivity index (χ0n) is 15.0. The summed E-state index contributed by atoms with van der Waals surface area (Å²) >= 11 is 3.38. The summed E-state index contributed by atoms with van der Waals surface area (Å²) < 4.78 is 6.27. The van der Waals surface area contributed by atoms with E-state index in [2.05, 4.69) is 31.4 Å². The van der Waals surface area contributed by atoms with E-state index in [1.807, 2.05) is 24.3 Å². The van der Waals surface area contributed by atoms with Crippen molar-refractivity contribution in [3.63, 3.8) is 0 Å². The molecule has 2 amide bonds. The van der Waals surface area contributed by atoms with Crippen molar-refractivity contribution in [1.82, 2.24) is 15.1 Å². The third-order valence-corrected chi connectivity index (χ3v) is 5.38. The SMILES string of the molecule is O=C(Nc1ccc(Br)cc1)C1CCN(C(=O)c2cc(-c3ccco3)[nH]n2)CC1. The molecule has 1 fully saturated rings. The van der Waals surface area contributed by atoms with Crippen LogP contribution < -0.4 is 5.32 Å². The lowest BCUT2D eigenvalue weighted by molar-refractivity contribution is -0.121. The Hall–Kier alpha value is -2.87. The van der Waals surface area contributed by atoms with Crippen molar-refractivity contribution in [1.29, 1.82) is 0 Å². The monoisotopic (exact) mass is 442 g/mol. The number of furan rings is 1. The number of carbonyl (C=O) groups excluding carboxylic acids is 2. The lowest BCUT2D eigenvalue weighted by atomic mass is 9.95. The molecule has 4 rings (SSSR count). The number of likely N-dealkylation sites (tertiary alicyclic amines) is 1. The summed E-state index contributed by atoms with van der Waals surface area (Å²) in [6.45, 7) is 1.06. The minimum Gasteiger partial charge on any atom is -0.463 e. The molecule has 1 aliphatic heterocycles. The van der Waals surface area contributed by atoms with Crippen LogP contribution in [-0.2, 0) is 4.79 Å². The summed E-state index contributed by atoms with van der Waals surface area (Å²) in [5.41, 5.74) is 1.79. The van der Waals surface area contributed by atoms with Gasteiger partial charge in [-0.1, -0.05) is 15.9 Å². The van der Waals surface area contributed by atoms with Gasteiger partial charge in [-0.3, -0.25) is 14.7 Å². The third kappa shape index (κ3) is 4.01. The Balaban J connectivity index is 1.33. The summed E-state index contributed by atoms with van der Waals surface area (Å²) in [6, 6.07) is 12.8. The van der Waals surface area contributed by atoms with Crippen LogP contribution in [0.1, 0.15) is 23.3 Å². The molecular formula is C20H19BrN4O3. The number of rotatable bonds is 4. The smallest absolute Gasteiger partial charge is 0.274 e. The minimum atomic E-state index is -0.138. The van der Waals surface area contributed by atoms with Gasteiger partial charge in [-0.25, -0.2) is 0 Å². The second-order valence-corrected chi connectivity index (χ2v) is 7.62. The van der Waals surface area contributed by atoms with Crippen molar-refractivity contribution in [3.8, 4) is 11.5 Å². The molecule has 7 nitrogen and oxygen atoms in total. The number of piperidine rings is 1. The van der Waals surface area contributed by atoms with E-state index in [9.17, 15) is 9.59 Å².